The monoisotopic (exact) mass is 494 g/mol. The van der Waals surface area contributed by atoms with E-state index in [-0.39, 0.29) is 17.7 Å². The second-order valence-corrected chi connectivity index (χ2v) is 11.2. The number of H-pyrrole nitrogens is 1. The molecule has 0 saturated heterocycles. The fraction of sp³-hybridized carbons (Fsp3) is 0.826. The highest BCUT2D eigenvalue weighted by Gasteiger charge is 2.53. The van der Waals surface area contributed by atoms with Gasteiger partial charge < -0.3 is 13.6 Å². The summed E-state index contributed by atoms with van der Waals surface area (Å²) < 4.78 is 53.4. The van der Waals surface area contributed by atoms with Crippen molar-refractivity contribution >= 4 is 7.60 Å². The van der Waals surface area contributed by atoms with Crippen LogP contribution in [-0.2, 0) is 20.2 Å². The lowest BCUT2D eigenvalue weighted by Gasteiger charge is -2.29. The maximum absolute atomic E-state index is 14.6. The lowest BCUT2D eigenvalue weighted by molar-refractivity contribution is 0.0122. The summed E-state index contributed by atoms with van der Waals surface area (Å²) in [6, 6.07) is 0. The van der Waals surface area contributed by atoms with Crippen molar-refractivity contribution in [3.8, 4) is 0 Å². The van der Waals surface area contributed by atoms with Crippen LogP contribution in [0.2, 0.25) is 0 Å². The smallest absolute Gasteiger partial charge is 0.302 e. The number of rotatable bonds is 17. The highest BCUT2D eigenvalue weighted by Crippen LogP contribution is 2.65. The number of aryl methyl sites for hydroxylation is 2. The fourth-order valence-electron chi connectivity index (χ4n) is 3.51. The predicted octanol–water partition coefficient (Wildman–Crippen LogP) is 6.38. The minimum absolute atomic E-state index is 0.271. The molecule has 1 N–H and O–H groups in total. The topological polar surface area (TPSA) is 90.4 Å². The Balaban J connectivity index is 2.20. The minimum Gasteiger partial charge on any atom is -0.302 e. The van der Waals surface area contributed by atoms with Crippen molar-refractivity contribution in [1.82, 2.24) is 9.55 Å². The van der Waals surface area contributed by atoms with Gasteiger partial charge in [0.05, 0.1) is 12.2 Å². The number of nitrogens with zero attached hydrogens (tertiary/aromatic N) is 1. The van der Waals surface area contributed by atoms with Crippen molar-refractivity contribution < 1.29 is 22.4 Å². The van der Waals surface area contributed by atoms with E-state index in [0.29, 0.717) is 18.5 Å². The Morgan fingerprint density at radius 1 is 0.909 bits per heavy atom. The molecular weight excluding hydrogens is 453 g/mol. The van der Waals surface area contributed by atoms with E-state index in [0.717, 1.165) is 44.9 Å². The molecule has 0 spiro atoms. The molecule has 0 atom stereocenters. The highest BCUT2D eigenvalue weighted by atomic mass is 31.2. The van der Waals surface area contributed by atoms with Gasteiger partial charge in [-0.25, -0.2) is 4.79 Å². The van der Waals surface area contributed by atoms with E-state index >= 15 is 0 Å². The molecule has 0 fully saturated rings. The van der Waals surface area contributed by atoms with E-state index in [4.69, 9.17) is 9.05 Å². The molecule has 1 rings (SSSR count). The van der Waals surface area contributed by atoms with Gasteiger partial charge >= 0.3 is 18.9 Å². The van der Waals surface area contributed by atoms with Crippen molar-refractivity contribution in [2.24, 2.45) is 0 Å². The molecule has 0 aliphatic carbocycles. The molecule has 1 heterocycles. The first-order chi connectivity index (χ1) is 15.4. The number of alkyl halides is 2. The Morgan fingerprint density at radius 2 is 1.36 bits per heavy atom. The molecule has 1 aromatic rings. The third-order valence-corrected chi connectivity index (χ3v) is 7.59. The SMILES string of the molecule is Cc1cn(CCCCCCCCCCCC(F)(F)P(=O)(OC(C)C)OC(C)C)c(=O)[nH]c1=O. The number of aromatic amines is 1. The van der Waals surface area contributed by atoms with Crippen LogP contribution < -0.4 is 11.2 Å². The van der Waals surface area contributed by atoms with Gasteiger partial charge in [0.2, 0.25) is 0 Å². The molecule has 0 saturated carbocycles. The number of aromatic nitrogens is 2. The molecule has 0 amide bonds. The van der Waals surface area contributed by atoms with Crippen LogP contribution in [0.4, 0.5) is 8.78 Å². The first-order valence-electron chi connectivity index (χ1n) is 12.0. The van der Waals surface area contributed by atoms with E-state index in [1.165, 1.54) is 4.57 Å². The molecule has 0 aliphatic heterocycles. The van der Waals surface area contributed by atoms with Crippen molar-refractivity contribution in [2.75, 3.05) is 0 Å². The first-order valence-corrected chi connectivity index (χ1v) is 13.6. The number of nitrogens with one attached hydrogen (secondary N) is 1. The summed E-state index contributed by atoms with van der Waals surface area (Å²) >= 11 is 0. The number of hydrogen-bond donors (Lipinski definition) is 1. The van der Waals surface area contributed by atoms with E-state index in [1.807, 2.05) is 0 Å². The van der Waals surface area contributed by atoms with Gasteiger partial charge in [0.15, 0.2) is 0 Å². The Morgan fingerprint density at radius 3 is 1.85 bits per heavy atom. The first kappa shape index (κ1) is 29.7. The van der Waals surface area contributed by atoms with Crippen LogP contribution in [0.25, 0.3) is 0 Å². The van der Waals surface area contributed by atoms with E-state index in [1.54, 1.807) is 40.8 Å². The molecule has 0 aromatic carbocycles. The van der Waals surface area contributed by atoms with Crippen LogP contribution in [0.3, 0.4) is 0 Å². The standard InChI is InChI=1S/C23H41F2N2O5P/c1-18(2)31-33(30,32-19(3)4)23(24,25)15-13-11-9-7-6-8-10-12-14-16-27-17-20(5)21(28)26-22(27)29/h17-19H,6-16H2,1-5H3,(H,26,28,29). The minimum atomic E-state index is -4.51. The number of unbranched alkanes of at least 4 members (excludes halogenated alkanes) is 8. The van der Waals surface area contributed by atoms with E-state index < -0.39 is 31.9 Å². The Bertz CT molecular complexity index is 853. The zero-order valence-corrected chi connectivity index (χ0v) is 21.6. The van der Waals surface area contributed by atoms with Gasteiger partial charge in [-0.2, -0.15) is 8.78 Å². The molecule has 7 nitrogen and oxygen atoms in total. The molecule has 0 bridgehead atoms. The molecular formula is C23H41F2N2O5P. The highest BCUT2D eigenvalue weighted by molar-refractivity contribution is 7.55. The van der Waals surface area contributed by atoms with Crippen molar-refractivity contribution in [1.29, 1.82) is 0 Å². The summed E-state index contributed by atoms with van der Waals surface area (Å²) in [5, 5.41) is 0. The molecule has 0 aliphatic rings. The maximum atomic E-state index is 14.6. The van der Waals surface area contributed by atoms with Gasteiger partial charge in [0.25, 0.3) is 5.56 Å². The summed E-state index contributed by atoms with van der Waals surface area (Å²) in [4.78, 5) is 25.4. The fourth-order valence-corrected chi connectivity index (χ4v) is 5.41. The number of hydrogen-bond acceptors (Lipinski definition) is 5. The maximum Gasteiger partial charge on any atom is 0.400 e. The van der Waals surface area contributed by atoms with Gasteiger partial charge in [-0.1, -0.05) is 44.9 Å². The van der Waals surface area contributed by atoms with Crippen LogP contribution in [0.15, 0.2) is 15.8 Å². The van der Waals surface area contributed by atoms with E-state index in [9.17, 15) is 22.9 Å². The zero-order chi connectivity index (χ0) is 25.1. The molecule has 0 unspecified atom stereocenters. The van der Waals surface area contributed by atoms with Crippen LogP contribution in [0.5, 0.6) is 0 Å². The predicted molar refractivity (Wildman–Crippen MR) is 127 cm³/mol. The van der Waals surface area contributed by atoms with Gasteiger partial charge in [-0.3, -0.25) is 14.3 Å². The second kappa shape index (κ2) is 14.2. The summed E-state index contributed by atoms with van der Waals surface area (Å²) in [7, 11) is -4.51. The largest absolute Gasteiger partial charge is 0.400 e. The van der Waals surface area contributed by atoms with Crippen molar-refractivity contribution in [2.45, 2.75) is 123 Å². The quantitative estimate of drug-likeness (QED) is 0.200. The summed E-state index contributed by atoms with van der Waals surface area (Å²) in [6.07, 6.45) is 7.56. The third kappa shape index (κ3) is 10.7. The summed E-state index contributed by atoms with van der Waals surface area (Å²) in [6.45, 7) is 8.52. The average molecular weight is 495 g/mol. The molecule has 33 heavy (non-hydrogen) atoms. The van der Waals surface area contributed by atoms with Crippen LogP contribution in [0.1, 0.15) is 97.5 Å². The van der Waals surface area contributed by atoms with Crippen molar-refractivity contribution in [3.05, 3.63) is 32.6 Å². The summed E-state index contributed by atoms with van der Waals surface area (Å²) in [5.41, 5.74) is -3.69. The second-order valence-electron chi connectivity index (χ2n) is 9.17. The van der Waals surface area contributed by atoms with E-state index in [2.05, 4.69) is 4.98 Å². The zero-order valence-electron chi connectivity index (χ0n) is 20.7. The Hall–Kier alpha value is -1.31. The average Bonchev–Trinajstić information content (AvgIpc) is 2.68. The summed E-state index contributed by atoms with van der Waals surface area (Å²) in [5.74, 6) is 0. The van der Waals surface area contributed by atoms with Crippen LogP contribution in [-0.4, -0.2) is 27.4 Å². The molecule has 1 aromatic heterocycles. The lowest BCUT2D eigenvalue weighted by Crippen LogP contribution is -2.30. The van der Waals surface area contributed by atoms with Gasteiger partial charge in [0.1, 0.15) is 0 Å². The molecule has 10 heteroatoms. The van der Waals surface area contributed by atoms with Gasteiger partial charge in [-0.05, 0) is 47.5 Å². The third-order valence-electron chi connectivity index (χ3n) is 5.17. The van der Waals surface area contributed by atoms with Crippen LogP contribution in [0, 0.1) is 6.92 Å². The normalized spacial score (nSPS) is 12.8. The Labute approximate surface area is 195 Å². The number of halogens is 2. The van der Waals surface area contributed by atoms with Gasteiger partial charge in [-0.15, -0.1) is 0 Å². The van der Waals surface area contributed by atoms with Crippen molar-refractivity contribution in [3.63, 3.8) is 0 Å². The molecule has 192 valence electrons. The Kier molecular flexibility index (Phi) is 12.8. The van der Waals surface area contributed by atoms with Crippen LogP contribution >= 0.6 is 7.60 Å². The lowest BCUT2D eigenvalue weighted by atomic mass is 10.1. The van der Waals surface area contributed by atoms with Gasteiger partial charge in [0, 0.05) is 24.7 Å². The molecule has 0 radical (unpaired) electrons.